The van der Waals surface area contributed by atoms with Crippen LogP contribution in [0.25, 0.3) is 0 Å². The van der Waals surface area contributed by atoms with Crippen LogP contribution in [0.15, 0.2) is 28.7 Å². The Morgan fingerprint density at radius 1 is 1.12 bits per heavy atom. The van der Waals surface area contributed by atoms with Crippen molar-refractivity contribution in [1.82, 2.24) is 4.90 Å². The molecular formula is C19H22BrNO4. The second-order valence-electron chi connectivity index (χ2n) is 6.78. The summed E-state index contributed by atoms with van der Waals surface area (Å²) in [4.78, 5) is 38.4. The maximum atomic E-state index is 12.2. The minimum absolute atomic E-state index is 0.0353. The Bertz CT molecular complexity index is 652. The summed E-state index contributed by atoms with van der Waals surface area (Å²) >= 11 is 3.31. The first-order valence-electron chi connectivity index (χ1n) is 8.79. The highest BCUT2D eigenvalue weighted by Crippen LogP contribution is 2.29. The number of hydrogen-bond acceptors (Lipinski definition) is 4. The molecule has 2 fully saturated rings. The summed E-state index contributed by atoms with van der Waals surface area (Å²) in [5.74, 6) is -1.10. The summed E-state index contributed by atoms with van der Waals surface area (Å²) in [5.41, 5.74) is 0.502. The van der Waals surface area contributed by atoms with E-state index in [4.69, 9.17) is 4.74 Å². The highest BCUT2D eigenvalue weighted by Gasteiger charge is 2.39. The average molecular weight is 408 g/mol. The van der Waals surface area contributed by atoms with Crippen LogP contribution in [0.5, 0.6) is 0 Å². The van der Waals surface area contributed by atoms with Gasteiger partial charge in [-0.15, -0.1) is 0 Å². The molecule has 1 aromatic carbocycles. The molecule has 1 saturated heterocycles. The maximum absolute atomic E-state index is 12.2. The number of esters is 1. The Labute approximate surface area is 155 Å². The Kier molecular flexibility index (Phi) is 5.89. The monoisotopic (exact) mass is 407 g/mol. The van der Waals surface area contributed by atoms with Crippen LogP contribution >= 0.6 is 15.9 Å². The van der Waals surface area contributed by atoms with E-state index in [1.165, 1.54) is 6.42 Å². The van der Waals surface area contributed by atoms with Crippen molar-refractivity contribution >= 4 is 33.6 Å². The van der Waals surface area contributed by atoms with Gasteiger partial charge in [0.2, 0.25) is 5.91 Å². The third-order valence-electron chi connectivity index (χ3n) is 5.02. The molecule has 1 amide bonds. The number of Topliss-reactive ketones (excluding diaryl/α,β-unsaturated/α-hetero) is 1. The zero-order chi connectivity index (χ0) is 17.8. The number of benzene rings is 1. The van der Waals surface area contributed by atoms with Crippen molar-refractivity contribution in [3.63, 3.8) is 0 Å². The average Bonchev–Trinajstić information content (AvgIpc) is 3.02. The van der Waals surface area contributed by atoms with Crippen LogP contribution in [0.4, 0.5) is 0 Å². The lowest BCUT2D eigenvalue weighted by Crippen LogP contribution is -2.38. The van der Waals surface area contributed by atoms with Gasteiger partial charge < -0.3 is 9.64 Å². The van der Waals surface area contributed by atoms with Gasteiger partial charge >= 0.3 is 5.97 Å². The first-order valence-corrected chi connectivity index (χ1v) is 9.59. The molecule has 25 heavy (non-hydrogen) atoms. The molecule has 3 rings (SSSR count). The quantitative estimate of drug-likeness (QED) is 0.554. The van der Waals surface area contributed by atoms with Crippen molar-refractivity contribution < 1.29 is 19.1 Å². The van der Waals surface area contributed by atoms with E-state index in [0.717, 1.165) is 30.2 Å². The summed E-state index contributed by atoms with van der Waals surface area (Å²) in [6, 6.07) is 7.18. The van der Waals surface area contributed by atoms with E-state index in [1.54, 1.807) is 24.3 Å². The van der Waals surface area contributed by atoms with E-state index >= 15 is 0 Å². The van der Waals surface area contributed by atoms with Gasteiger partial charge in [0.15, 0.2) is 12.4 Å². The van der Waals surface area contributed by atoms with E-state index < -0.39 is 11.9 Å². The van der Waals surface area contributed by atoms with E-state index in [-0.39, 0.29) is 30.8 Å². The largest absolute Gasteiger partial charge is 0.457 e. The first-order chi connectivity index (χ1) is 12.0. The number of ketones is 1. The van der Waals surface area contributed by atoms with Gasteiger partial charge in [-0.1, -0.05) is 47.3 Å². The minimum Gasteiger partial charge on any atom is -0.457 e. The maximum Gasteiger partial charge on any atom is 0.311 e. The summed E-state index contributed by atoms with van der Waals surface area (Å²) < 4.78 is 6.06. The number of hydrogen-bond donors (Lipinski definition) is 0. The fourth-order valence-corrected chi connectivity index (χ4v) is 3.87. The smallest absolute Gasteiger partial charge is 0.311 e. The van der Waals surface area contributed by atoms with Gasteiger partial charge in [-0.2, -0.15) is 0 Å². The standard InChI is InChI=1S/C19H22BrNO4/c20-15-8-6-13(7-9-15)17(22)12-25-19(24)14-10-18(23)21(11-14)16-4-2-1-3-5-16/h6-9,14,16H,1-5,10-12H2/t14-/m1/s1. The molecule has 0 aromatic heterocycles. The van der Waals surface area contributed by atoms with E-state index in [1.807, 2.05) is 4.90 Å². The normalized spacial score (nSPS) is 21.4. The molecule has 134 valence electrons. The number of rotatable bonds is 5. The molecule has 5 nitrogen and oxygen atoms in total. The molecule has 0 unspecified atom stereocenters. The number of nitrogens with zero attached hydrogens (tertiary/aromatic N) is 1. The molecule has 1 heterocycles. The Morgan fingerprint density at radius 2 is 1.80 bits per heavy atom. The molecule has 0 spiro atoms. The van der Waals surface area contributed by atoms with Crippen LogP contribution < -0.4 is 0 Å². The van der Waals surface area contributed by atoms with Crippen LogP contribution in [0.3, 0.4) is 0 Å². The van der Waals surface area contributed by atoms with Crippen LogP contribution in [-0.2, 0) is 14.3 Å². The molecule has 0 N–H and O–H groups in total. The number of carbonyl (C=O) groups is 3. The molecule has 2 aliphatic rings. The zero-order valence-electron chi connectivity index (χ0n) is 14.1. The first kappa shape index (κ1) is 18.1. The predicted octanol–water partition coefficient (Wildman–Crippen LogP) is 3.36. The van der Waals surface area contributed by atoms with Gasteiger partial charge in [-0.3, -0.25) is 14.4 Å². The van der Waals surface area contributed by atoms with Crippen LogP contribution in [0.2, 0.25) is 0 Å². The number of likely N-dealkylation sites (tertiary alicyclic amines) is 1. The Hall–Kier alpha value is -1.69. The summed E-state index contributed by atoms with van der Waals surface area (Å²) in [5, 5.41) is 0. The number of amides is 1. The third kappa shape index (κ3) is 4.48. The van der Waals surface area contributed by atoms with Gasteiger partial charge in [0.05, 0.1) is 5.92 Å². The molecule has 1 aromatic rings. The second-order valence-corrected chi connectivity index (χ2v) is 7.69. The molecule has 6 heteroatoms. The van der Waals surface area contributed by atoms with E-state index in [2.05, 4.69) is 15.9 Å². The van der Waals surface area contributed by atoms with Crippen LogP contribution in [0.1, 0.15) is 48.9 Å². The molecule has 1 aliphatic carbocycles. The second kappa shape index (κ2) is 8.13. The number of ether oxygens (including phenoxy) is 1. The summed E-state index contributed by atoms with van der Waals surface area (Å²) in [7, 11) is 0. The van der Waals surface area contributed by atoms with Crippen molar-refractivity contribution in [3.8, 4) is 0 Å². The topological polar surface area (TPSA) is 63.7 Å². The third-order valence-corrected chi connectivity index (χ3v) is 5.55. The van der Waals surface area contributed by atoms with Gasteiger partial charge in [0.25, 0.3) is 0 Å². The molecule has 1 aliphatic heterocycles. The molecular weight excluding hydrogens is 386 g/mol. The lowest BCUT2D eigenvalue weighted by atomic mass is 9.94. The molecule has 0 bridgehead atoms. The van der Waals surface area contributed by atoms with Crippen LogP contribution in [0, 0.1) is 5.92 Å². The highest BCUT2D eigenvalue weighted by atomic mass is 79.9. The van der Waals surface area contributed by atoms with Gasteiger partial charge in [-0.05, 0) is 25.0 Å². The molecule has 1 atom stereocenters. The Balaban J connectivity index is 1.50. The lowest BCUT2D eigenvalue weighted by Gasteiger charge is -2.31. The van der Waals surface area contributed by atoms with Gasteiger partial charge in [0.1, 0.15) is 0 Å². The SMILES string of the molecule is O=C(COC(=O)[C@@H]1CC(=O)N(C2CCCCC2)C1)c1ccc(Br)cc1. The van der Waals surface area contributed by atoms with E-state index in [0.29, 0.717) is 12.1 Å². The van der Waals surface area contributed by atoms with Crippen molar-refractivity contribution in [1.29, 1.82) is 0 Å². The van der Waals surface area contributed by atoms with Crippen molar-refractivity contribution in [2.45, 2.75) is 44.6 Å². The fraction of sp³-hybridized carbons (Fsp3) is 0.526. The highest BCUT2D eigenvalue weighted by molar-refractivity contribution is 9.10. The fourth-order valence-electron chi connectivity index (χ4n) is 3.61. The molecule has 1 saturated carbocycles. The van der Waals surface area contributed by atoms with Gasteiger partial charge in [-0.25, -0.2) is 0 Å². The minimum atomic E-state index is -0.452. The zero-order valence-corrected chi connectivity index (χ0v) is 15.7. The van der Waals surface area contributed by atoms with Crippen molar-refractivity contribution in [3.05, 3.63) is 34.3 Å². The van der Waals surface area contributed by atoms with Crippen molar-refractivity contribution in [2.24, 2.45) is 5.92 Å². The number of halogens is 1. The Morgan fingerprint density at radius 3 is 2.48 bits per heavy atom. The number of carbonyl (C=O) groups excluding carboxylic acids is 3. The summed E-state index contributed by atoms with van der Waals surface area (Å²) in [6.07, 6.45) is 5.76. The molecule has 0 radical (unpaired) electrons. The predicted molar refractivity (Wildman–Crippen MR) is 96.1 cm³/mol. The van der Waals surface area contributed by atoms with Crippen LogP contribution in [-0.4, -0.2) is 41.8 Å². The lowest BCUT2D eigenvalue weighted by molar-refractivity contribution is -0.147. The van der Waals surface area contributed by atoms with Crippen molar-refractivity contribution in [2.75, 3.05) is 13.2 Å². The van der Waals surface area contributed by atoms with E-state index in [9.17, 15) is 14.4 Å². The summed E-state index contributed by atoms with van der Waals surface area (Å²) in [6.45, 7) is 0.142. The van der Waals surface area contributed by atoms with Gasteiger partial charge in [0, 0.05) is 29.0 Å².